The number of ether oxygens (including phenoxy) is 1. The Balaban J connectivity index is 1.47. The van der Waals surface area contributed by atoms with E-state index in [1.54, 1.807) is 6.07 Å². The predicted octanol–water partition coefficient (Wildman–Crippen LogP) is 3.44. The number of piperidine rings is 2. The first-order chi connectivity index (χ1) is 19.5. The highest BCUT2D eigenvalue weighted by molar-refractivity contribution is 7.93. The summed E-state index contributed by atoms with van der Waals surface area (Å²) in [4.78, 5) is 37.5. The molecule has 2 fully saturated rings. The first kappa shape index (κ1) is 29.0. The SMILES string of the molecule is COC(=O)CS(=O)(=O)Nc1ccc2c(c1)N1CCC(F)(CCCC3(F)CCN(CC3)c3nccc(n3)NC2=O)CC1. The van der Waals surface area contributed by atoms with Crippen LogP contribution in [0, 0.1) is 0 Å². The molecule has 8 rings (SSSR count). The van der Waals surface area contributed by atoms with Crippen molar-refractivity contribution in [2.24, 2.45) is 0 Å². The molecule has 0 spiro atoms. The summed E-state index contributed by atoms with van der Waals surface area (Å²) >= 11 is 0. The summed E-state index contributed by atoms with van der Waals surface area (Å²) in [5.41, 5.74) is -2.02. The largest absolute Gasteiger partial charge is 0.468 e. The second kappa shape index (κ2) is 11.4. The third-order valence-corrected chi connectivity index (χ3v) is 9.29. The number of nitrogens with one attached hydrogen (secondary N) is 2. The molecule has 0 saturated carbocycles. The van der Waals surface area contributed by atoms with Gasteiger partial charge in [-0.15, -0.1) is 0 Å². The van der Waals surface area contributed by atoms with Gasteiger partial charge in [-0.1, -0.05) is 0 Å². The molecule has 2 aromatic rings. The van der Waals surface area contributed by atoms with E-state index in [0.29, 0.717) is 50.4 Å². The molecule has 2 N–H and O–H groups in total. The topological polar surface area (TPSA) is 134 Å². The fraction of sp³-hybridized carbons (Fsp3) is 0.556. The highest BCUT2D eigenvalue weighted by Gasteiger charge is 2.39. The maximum absolute atomic E-state index is 15.8. The standard InChI is InChI=1S/C27H34F2N6O5S/c1-40-23(36)18-41(38,39)33-19-3-4-20-21(17-19)34-13-8-26(28,9-14-34)6-2-7-27(29)10-15-35(16-11-27)25-30-12-5-22(32-25)31-24(20)37/h3-5,12,17,33H,2,6-11,13-16,18H2,1H3,(H,30,31,32,37). The van der Waals surface area contributed by atoms with Crippen LogP contribution in [-0.4, -0.2) is 80.6 Å². The van der Waals surface area contributed by atoms with Gasteiger partial charge < -0.3 is 19.9 Å². The molecule has 14 heteroatoms. The average molecular weight is 593 g/mol. The summed E-state index contributed by atoms with van der Waals surface area (Å²) in [7, 11) is -2.98. The Morgan fingerprint density at radius 1 is 1.02 bits per heavy atom. The first-order valence-corrected chi connectivity index (χ1v) is 15.4. The van der Waals surface area contributed by atoms with E-state index in [2.05, 4.69) is 24.7 Å². The van der Waals surface area contributed by atoms with Crippen molar-refractivity contribution in [3.63, 3.8) is 0 Å². The van der Waals surface area contributed by atoms with Crippen LogP contribution in [0.5, 0.6) is 0 Å². The molecule has 7 heterocycles. The van der Waals surface area contributed by atoms with E-state index >= 15 is 8.78 Å². The van der Waals surface area contributed by atoms with E-state index in [1.807, 2.05) is 9.80 Å². The highest BCUT2D eigenvalue weighted by Crippen LogP contribution is 2.39. The van der Waals surface area contributed by atoms with Gasteiger partial charge in [0.25, 0.3) is 5.91 Å². The fourth-order valence-electron chi connectivity index (χ4n) is 5.71. The van der Waals surface area contributed by atoms with Crippen LogP contribution in [0.1, 0.15) is 55.3 Å². The Morgan fingerprint density at radius 3 is 2.29 bits per heavy atom. The number of amides is 1. The van der Waals surface area contributed by atoms with Gasteiger partial charge in [0.05, 0.1) is 24.0 Å². The number of hydrogen-bond donors (Lipinski definition) is 2. The number of esters is 1. The summed E-state index contributed by atoms with van der Waals surface area (Å²) in [6.07, 6.45) is 3.50. The number of hydrogen-bond acceptors (Lipinski definition) is 9. The molecular formula is C27H34F2N6O5S. The predicted molar refractivity (Wildman–Crippen MR) is 150 cm³/mol. The Bertz CT molecular complexity index is 1410. The van der Waals surface area contributed by atoms with Crippen molar-refractivity contribution in [2.75, 3.05) is 58.9 Å². The Kier molecular flexibility index (Phi) is 8.04. The summed E-state index contributed by atoms with van der Waals surface area (Å²) in [6, 6.07) is 5.95. The molecule has 6 bridgehead atoms. The zero-order valence-corrected chi connectivity index (χ0v) is 23.7. The van der Waals surface area contributed by atoms with Gasteiger partial charge in [-0.05, 0) is 69.2 Å². The number of nitrogens with zero attached hydrogens (tertiary/aromatic N) is 4. The van der Waals surface area contributed by atoms with Crippen LogP contribution in [-0.2, 0) is 19.6 Å². The number of sulfonamides is 1. The van der Waals surface area contributed by atoms with E-state index in [1.165, 1.54) is 24.4 Å². The van der Waals surface area contributed by atoms with Gasteiger partial charge in [-0.25, -0.2) is 22.2 Å². The number of methoxy groups -OCH3 is 1. The summed E-state index contributed by atoms with van der Waals surface area (Å²) in [5, 5.41) is 2.78. The van der Waals surface area contributed by atoms with Crippen molar-refractivity contribution < 1.29 is 31.5 Å². The summed E-state index contributed by atoms with van der Waals surface area (Å²) < 4.78 is 63.1. The third-order valence-electron chi connectivity index (χ3n) is 8.13. The van der Waals surface area contributed by atoms with Crippen molar-refractivity contribution in [1.82, 2.24) is 9.97 Å². The fourth-order valence-corrected chi connectivity index (χ4v) is 6.70. The molecule has 6 aliphatic heterocycles. The van der Waals surface area contributed by atoms with Crippen molar-refractivity contribution in [3.05, 3.63) is 36.0 Å². The van der Waals surface area contributed by atoms with Crippen molar-refractivity contribution in [1.29, 1.82) is 0 Å². The molecule has 6 aliphatic rings. The lowest BCUT2D eigenvalue weighted by Gasteiger charge is -2.40. The molecule has 0 radical (unpaired) electrons. The summed E-state index contributed by atoms with van der Waals surface area (Å²) in [5.74, 6) is -1.65. The number of benzene rings is 1. The van der Waals surface area contributed by atoms with Crippen molar-refractivity contribution >= 4 is 45.0 Å². The molecule has 222 valence electrons. The van der Waals surface area contributed by atoms with Crippen molar-refractivity contribution in [2.45, 2.75) is 56.3 Å². The normalized spacial score (nSPS) is 25.1. The number of rotatable bonds is 4. The highest BCUT2D eigenvalue weighted by atomic mass is 32.2. The number of anilines is 4. The molecule has 1 aromatic heterocycles. The first-order valence-electron chi connectivity index (χ1n) is 13.7. The Morgan fingerprint density at radius 2 is 1.66 bits per heavy atom. The quantitative estimate of drug-likeness (QED) is 0.512. The molecule has 11 nitrogen and oxygen atoms in total. The van der Waals surface area contributed by atoms with E-state index in [4.69, 9.17) is 0 Å². The van der Waals surface area contributed by atoms with Crippen molar-refractivity contribution in [3.8, 4) is 0 Å². The minimum absolute atomic E-state index is 0.140. The molecule has 2 saturated heterocycles. The maximum atomic E-state index is 15.8. The number of carbonyl (C=O) groups excluding carboxylic acids is 2. The number of carbonyl (C=O) groups is 2. The van der Waals surface area contributed by atoms with Gasteiger partial charge in [0.2, 0.25) is 16.0 Å². The van der Waals surface area contributed by atoms with Crippen LogP contribution in [0.2, 0.25) is 0 Å². The van der Waals surface area contributed by atoms with Gasteiger partial charge in [0.1, 0.15) is 17.2 Å². The van der Waals surface area contributed by atoms with Crippen LogP contribution in [0.15, 0.2) is 30.5 Å². The lowest BCUT2D eigenvalue weighted by Crippen LogP contribution is -2.44. The van der Waals surface area contributed by atoms with Crippen LogP contribution in [0.25, 0.3) is 0 Å². The van der Waals surface area contributed by atoms with Crippen LogP contribution < -0.4 is 19.8 Å². The van der Waals surface area contributed by atoms with E-state index < -0.39 is 39.0 Å². The molecule has 0 unspecified atom stereocenters. The van der Waals surface area contributed by atoms with E-state index in [0.717, 1.165) is 7.11 Å². The second-order valence-corrected chi connectivity index (χ2v) is 12.7. The van der Waals surface area contributed by atoms with E-state index in [-0.39, 0.29) is 49.4 Å². The molecule has 0 aliphatic carbocycles. The molecule has 1 aromatic carbocycles. The lowest BCUT2D eigenvalue weighted by molar-refractivity contribution is -0.137. The lowest BCUT2D eigenvalue weighted by atomic mass is 9.83. The molecule has 1 amide bonds. The molecule has 41 heavy (non-hydrogen) atoms. The number of aromatic nitrogens is 2. The zero-order valence-electron chi connectivity index (χ0n) is 22.9. The number of halogens is 2. The van der Waals surface area contributed by atoms with Gasteiger partial charge in [-0.2, -0.15) is 4.98 Å². The summed E-state index contributed by atoms with van der Waals surface area (Å²) in [6.45, 7) is 1.40. The van der Waals surface area contributed by atoms with Gasteiger partial charge in [0, 0.05) is 32.4 Å². The Hall–Kier alpha value is -3.55. The van der Waals surface area contributed by atoms with Gasteiger partial charge >= 0.3 is 5.97 Å². The third kappa shape index (κ3) is 6.85. The average Bonchev–Trinajstić information content (AvgIpc) is 2.93. The van der Waals surface area contributed by atoms with Crippen LogP contribution in [0.4, 0.5) is 31.9 Å². The monoisotopic (exact) mass is 592 g/mol. The Labute approximate surface area is 237 Å². The smallest absolute Gasteiger partial charge is 0.322 e. The molecular weight excluding hydrogens is 558 g/mol. The second-order valence-electron chi connectivity index (χ2n) is 11.0. The van der Waals surface area contributed by atoms with E-state index in [9.17, 15) is 18.0 Å². The van der Waals surface area contributed by atoms with Gasteiger partial charge in [-0.3, -0.25) is 14.3 Å². The maximum Gasteiger partial charge on any atom is 0.322 e. The number of alkyl halides is 2. The van der Waals surface area contributed by atoms with Gasteiger partial charge in [0.15, 0.2) is 5.75 Å². The minimum Gasteiger partial charge on any atom is -0.468 e. The minimum atomic E-state index is -4.07. The van der Waals surface area contributed by atoms with Crippen LogP contribution >= 0.6 is 0 Å². The molecule has 0 atom stereocenters. The zero-order chi connectivity index (χ0) is 29.3. The van der Waals surface area contributed by atoms with Crippen LogP contribution in [0.3, 0.4) is 0 Å².